The van der Waals surface area contributed by atoms with Gasteiger partial charge < -0.3 is 43.9 Å². The van der Waals surface area contributed by atoms with E-state index in [2.05, 4.69) is 10.2 Å². The molecule has 3 aliphatic heterocycles. The molecular formula is C35H45N3O9. The fraction of sp³-hybridized carbons (Fsp3) is 0.514. The summed E-state index contributed by atoms with van der Waals surface area (Å²) in [4.78, 5) is 43.2. The van der Waals surface area contributed by atoms with Gasteiger partial charge in [0.1, 0.15) is 5.54 Å². The normalized spacial score (nSPS) is 22.1. The number of hydrogen-bond acceptors (Lipinski definition) is 10. The summed E-state index contributed by atoms with van der Waals surface area (Å²) in [7, 11) is 1.34. The zero-order chi connectivity index (χ0) is 33.2. The first kappa shape index (κ1) is 34.4. The van der Waals surface area contributed by atoms with Crippen molar-refractivity contribution in [3.8, 4) is 0 Å². The van der Waals surface area contributed by atoms with Crippen molar-refractivity contribution in [2.45, 2.75) is 43.9 Å². The SMILES string of the molecule is CCO[C@@H]1OC(C(=O)N2CCC3(CC2)C(=O)NCN3c2ccccc2)=C[C@H](c2ccc(C(=O)OC)cc2)[C@H]1CCOCCOCCO. The molecule has 2 amide bonds. The molecule has 2 aromatic rings. The predicted octanol–water partition coefficient (Wildman–Crippen LogP) is 2.82. The number of ether oxygens (including phenoxy) is 5. The molecule has 2 fully saturated rings. The maximum absolute atomic E-state index is 14.0. The molecule has 5 rings (SSSR count). The molecule has 47 heavy (non-hydrogen) atoms. The number of nitrogens with zero attached hydrogens (tertiary/aromatic N) is 2. The third kappa shape index (κ3) is 7.78. The van der Waals surface area contributed by atoms with E-state index in [0.29, 0.717) is 71.0 Å². The van der Waals surface area contributed by atoms with E-state index in [4.69, 9.17) is 28.8 Å². The number of anilines is 1. The lowest BCUT2D eigenvalue weighted by Crippen LogP contribution is -2.57. The van der Waals surface area contributed by atoms with Crippen LogP contribution in [0.2, 0.25) is 0 Å². The third-order valence-corrected chi connectivity index (χ3v) is 9.13. The Morgan fingerprint density at radius 2 is 1.70 bits per heavy atom. The monoisotopic (exact) mass is 651 g/mol. The molecule has 254 valence electrons. The highest BCUT2D eigenvalue weighted by atomic mass is 16.7. The van der Waals surface area contributed by atoms with Crippen LogP contribution in [0.15, 0.2) is 66.4 Å². The summed E-state index contributed by atoms with van der Waals surface area (Å²) in [6.45, 7) is 4.84. The van der Waals surface area contributed by atoms with Crippen molar-refractivity contribution in [3.63, 3.8) is 0 Å². The molecule has 2 N–H and O–H groups in total. The Balaban J connectivity index is 1.34. The molecule has 12 heteroatoms. The third-order valence-electron chi connectivity index (χ3n) is 9.13. The summed E-state index contributed by atoms with van der Waals surface area (Å²) in [6.07, 6.45) is 2.68. The van der Waals surface area contributed by atoms with Crippen LogP contribution in [0.4, 0.5) is 5.69 Å². The molecule has 3 atom stereocenters. The van der Waals surface area contributed by atoms with Crippen molar-refractivity contribution in [2.24, 2.45) is 5.92 Å². The molecule has 0 aliphatic carbocycles. The second-order valence-corrected chi connectivity index (χ2v) is 11.8. The number of carbonyl (C=O) groups is 3. The molecule has 0 aromatic heterocycles. The molecule has 0 radical (unpaired) electrons. The van der Waals surface area contributed by atoms with Crippen molar-refractivity contribution in [1.82, 2.24) is 10.2 Å². The summed E-state index contributed by atoms with van der Waals surface area (Å²) < 4.78 is 28.4. The van der Waals surface area contributed by atoms with E-state index in [1.54, 1.807) is 17.0 Å². The maximum atomic E-state index is 14.0. The number of esters is 1. The number of hydrogen-bond donors (Lipinski definition) is 2. The Morgan fingerprint density at radius 1 is 1.00 bits per heavy atom. The summed E-state index contributed by atoms with van der Waals surface area (Å²) in [6, 6.07) is 17.0. The van der Waals surface area contributed by atoms with Gasteiger partial charge in [0.15, 0.2) is 5.76 Å². The van der Waals surface area contributed by atoms with Crippen molar-refractivity contribution in [3.05, 3.63) is 77.6 Å². The molecule has 0 saturated carbocycles. The summed E-state index contributed by atoms with van der Waals surface area (Å²) >= 11 is 0. The van der Waals surface area contributed by atoms with Crippen molar-refractivity contribution < 1.29 is 43.2 Å². The summed E-state index contributed by atoms with van der Waals surface area (Å²) in [5.74, 6) is -0.961. The Kier molecular flexibility index (Phi) is 11.9. The zero-order valence-electron chi connectivity index (χ0n) is 27.1. The minimum absolute atomic E-state index is 0.0153. The van der Waals surface area contributed by atoms with Gasteiger partial charge in [0.25, 0.3) is 5.91 Å². The standard InChI is InChI=1S/C35H45N3O9/c1-3-46-33-28(13-19-44-21-22-45-20-18-39)29(25-9-11-26(12-10-25)32(41)43-2)23-30(47-33)31(40)37-16-14-35(15-17-37)34(42)36-24-38(35)27-7-5-4-6-8-27/h4-12,23,28-29,33,39H,3,13-22,24H2,1-2H3,(H,36,42)/t28-,29-,33-/m1/s1. The van der Waals surface area contributed by atoms with E-state index in [0.717, 1.165) is 11.3 Å². The van der Waals surface area contributed by atoms with E-state index in [-0.39, 0.29) is 42.6 Å². The van der Waals surface area contributed by atoms with E-state index >= 15 is 0 Å². The first-order valence-electron chi connectivity index (χ1n) is 16.3. The van der Waals surface area contributed by atoms with Gasteiger partial charge in [-0.05, 0) is 62.1 Å². The first-order chi connectivity index (χ1) is 22.9. The average Bonchev–Trinajstić information content (AvgIpc) is 3.42. The molecule has 0 unspecified atom stereocenters. The first-order valence-corrected chi connectivity index (χ1v) is 16.3. The van der Waals surface area contributed by atoms with Gasteiger partial charge in [0.2, 0.25) is 12.2 Å². The van der Waals surface area contributed by atoms with Crippen LogP contribution in [0.5, 0.6) is 0 Å². The van der Waals surface area contributed by atoms with Crippen LogP contribution in [0.3, 0.4) is 0 Å². The van der Waals surface area contributed by atoms with Crippen LogP contribution < -0.4 is 10.2 Å². The van der Waals surface area contributed by atoms with E-state index < -0.39 is 17.8 Å². The molecule has 0 bridgehead atoms. The predicted molar refractivity (Wildman–Crippen MR) is 172 cm³/mol. The van der Waals surface area contributed by atoms with Crippen LogP contribution in [-0.2, 0) is 33.3 Å². The van der Waals surface area contributed by atoms with Crippen LogP contribution >= 0.6 is 0 Å². The van der Waals surface area contributed by atoms with E-state index in [1.807, 2.05) is 55.5 Å². The molecule has 1 spiro atoms. The Morgan fingerprint density at radius 3 is 2.36 bits per heavy atom. The van der Waals surface area contributed by atoms with Gasteiger partial charge in [-0.15, -0.1) is 0 Å². The Labute approximate surface area is 275 Å². The second-order valence-electron chi connectivity index (χ2n) is 11.8. The lowest BCUT2D eigenvalue weighted by Gasteiger charge is -2.44. The maximum Gasteiger partial charge on any atom is 0.337 e. The summed E-state index contributed by atoms with van der Waals surface area (Å²) in [5, 5.41) is 11.9. The number of carbonyl (C=O) groups excluding carboxylic acids is 3. The molecular weight excluding hydrogens is 606 g/mol. The fourth-order valence-corrected chi connectivity index (χ4v) is 6.64. The minimum Gasteiger partial charge on any atom is -0.465 e. The molecule has 3 heterocycles. The van der Waals surface area contributed by atoms with E-state index in [9.17, 15) is 14.4 Å². The molecule has 2 aromatic carbocycles. The number of rotatable bonds is 14. The second kappa shape index (κ2) is 16.2. The average molecular weight is 652 g/mol. The van der Waals surface area contributed by atoms with Gasteiger partial charge in [-0.25, -0.2) is 4.79 Å². The van der Waals surface area contributed by atoms with Gasteiger partial charge in [-0.1, -0.05) is 30.3 Å². The van der Waals surface area contributed by atoms with Gasteiger partial charge in [0.05, 0.1) is 45.8 Å². The highest BCUT2D eigenvalue weighted by Crippen LogP contribution is 2.41. The van der Waals surface area contributed by atoms with Crippen LogP contribution in [0.25, 0.3) is 0 Å². The van der Waals surface area contributed by atoms with Crippen LogP contribution in [-0.4, -0.2) is 106 Å². The zero-order valence-corrected chi connectivity index (χ0v) is 27.1. The number of benzene rings is 2. The molecule has 12 nitrogen and oxygen atoms in total. The Bertz CT molecular complexity index is 1380. The number of aliphatic hydroxyl groups is 1. The fourth-order valence-electron chi connectivity index (χ4n) is 6.64. The summed E-state index contributed by atoms with van der Waals surface area (Å²) in [5.41, 5.74) is 1.57. The highest BCUT2D eigenvalue weighted by molar-refractivity contribution is 5.95. The molecule has 2 saturated heterocycles. The van der Waals surface area contributed by atoms with Gasteiger partial charge in [-0.3, -0.25) is 9.59 Å². The lowest BCUT2D eigenvalue weighted by molar-refractivity contribution is -0.172. The smallest absolute Gasteiger partial charge is 0.337 e. The van der Waals surface area contributed by atoms with Gasteiger partial charge >= 0.3 is 5.97 Å². The number of methoxy groups -OCH3 is 1. The number of piperidine rings is 1. The quantitative estimate of drug-likeness (QED) is 0.232. The number of allylic oxidation sites excluding steroid dienone is 1. The van der Waals surface area contributed by atoms with Crippen molar-refractivity contribution in [2.75, 3.05) is 71.4 Å². The Hall–Kier alpha value is -3.97. The highest BCUT2D eigenvalue weighted by Gasteiger charge is 2.51. The van der Waals surface area contributed by atoms with Crippen molar-refractivity contribution >= 4 is 23.5 Å². The van der Waals surface area contributed by atoms with E-state index in [1.165, 1.54) is 7.11 Å². The van der Waals surface area contributed by atoms with Gasteiger partial charge in [-0.2, -0.15) is 0 Å². The minimum atomic E-state index is -0.716. The lowest BCUT2D eigenvalue weighted by atomic mass is 9.81. The number of likely N-dealkylation sites (tertiary alicyclic amines) is 1. The largest absolute Gasteiger partial charge is 0.465 e. The number of para-hydroxylation sites is 1. The topological polar surface area (TPSA) is 136 Å². The van der Waals surface area contributed by atoms with Gasteiger partial charge in [0, 0.05) is 43.8 Å². The van der Waals surface area contributed by atoms with Crippen molar-refractivity contribution in [1.29, 1.82) is 0 Å². The number of amides is 2. The number of aliphatic hydroxyl groups excluding tert-OH is 1. The number of nitrogens with one attached hydrogen (secondary N) is 1. The molecule has 3 aliphatic rings. The van der Waals surface area contributed by atoms with Crippen LogP contribution in [0.1, 0.15) is 48.0 Å². The van der Waals surface area contributed by atoms with Crippen LogP contribution in [0, 0.1) is 5.92 Å².